The predicted molar refractivity (Wildman–Crippen MR) is 72.1 cm³/mol. The summed E-state index contributed by atoms with van der Waals surface area (Å²) in [5.74, 6) is -0.202. The number of nitrogen functional groups attached to an aromatic ring is 1. The summed E-state index contributed by atoms with van der Waals surface area (Å²) in [7, 11) is 1.71. The second kappa shape index (κ2) is 5.81. The van der Waals surface area contributed by atoms with Gasteiger partial charge in [-0.2, -0.15) is 5.10 Å². The molecule has 0 aliphatic carbocycles. The van der Waals surface area contributed by atoms with E-state index < -0.39 is 0 Å². The van der Waals surface area contributed by atoms with E-state index in [2.05, 4.69) is 5.10 Å². The maximum Gasteiger partial charge on any atom is 0.409 e. The molecule has 0 unspecified atom stereocenters. The van der Waals surface area contributed by atoms with Gasteiger partial charge in [0.05, 0.1) is 12.3 Å². The summed E-state index contributed by atoms with van der Waals surface area (Å²) in [6.45, 7) is 3.93. The van der Waals surface area contributed by atoms with Gasteiger partial charge < -0.3 is 20.3 Å². The molecule has 1 fully saturated rings. The molecule has 20 heavy (non-hydrogen) atoms. The second-order valence-electron chi connectivity index (χ2n) is 4.58. The monoisotopic (exact) mass is 281 g/mol. The molecule has 8 heteroatoms. The number of ether oxygens (including phenoxy) is 1. The van der Waals surface area contributed by atoms with Crippen LogP contribution in [-0.2, 0) is 11.8 Å². The average Bonchev–Trinajstić information content (AvgIpc) is 2.77. The number of piperazine rings is 1. The van der Waals surface area contributed by atoms with E-state index in [1.165, 1.54) is 4.68 Å². The molecule has 2 N–H and O–H groups in total. The average molecular weight is 281 g/mol. The van der Waals surface area contributed by atoms with Crippen LogP contribution >= 0.6 is 0 Å². The van der Waals surface area contributed by atoms with Crippen LogP contribution in [-0.4, -0.2) is 64.4 Å². The summed E-state index contributed by atoms with van der Waals surface area (Å²) < 4.78 is 6.44. The molecule has 2 heterocycles. The van der Waals surface area contributed by atoms with Gasteiger partial charge in [-0.25, -0.2) is 4.79 Å². The third kappa shape index (κ3) is 2.84. The van der Waals surface area contributed by atoms with Crippen LogP contribution < -0.4 is 5.73 Å². The molecule has 1 aliphatic rings. The van der Waals surface area contributed by atoms with Crippen molar-refractivity contribution in [1.82, 2.24) is 19.6 Å². The Morgan fingerprint density at radius 2 is 1.90 bits per heavy atom. The largest absolute Gasteiger partial charge is 0.450 e. The van der Waals surface area contributed by atoms with Crippen LogP contribution in [0.4, 0.5) is 10.5 Å². The number of rotatable bonds is 2. The molecule has 0 radical (unpaired) electrons. The Balaban J connectivity index is 1.95. The van der Waals surface area contributed by atoms with Crippen molar-refractivity contribution in [2.24, 2.45) is 7.05 Å². The number of hydrogen-bond acceptors (Lipinski definition) is 5. The molecular formula is C12H19N5O3. The first kappa shape index (κ1) is 14.2. The SMILES string of the molecule is CCOC(=O)N1CCN(C(=O)c2nn(C)cc2N)CC1. The van der Waals surface area contributed by atoms with Crippen LogP contribution in [0.1, 0.15) is 17.4 Å². The highest BCUT2D eigenvalue weighted by Crippen LogP contribution is 2.13. The highest BCUT2D eigenvalue weighted by atomic mass is 16.6. The fourth-order valence-electron chi connectivity index (χ4n) is 2.13. The highest BCUT2D eigenvalue weighted by Gasteiger charge is 2.27. The van der Waals surface area contributed by atoms with Crippen molar-refractivity contribution in [1.29, 1.82) is 0 Å². The summed E-state index contributed by atoms with van der Waals surface area (Å²) in [4.78, 5) is 27.1. The standard InChI is InChI=1S/C12H19N5O3/c1-3-20-12(19)17-6-4-16(5-7-17)11(18)10-9(13)8-15(2)14-10/h8H,3-7,13H2,1-2H3. The second-order valence-corrected chi connectivity index (χ2v) is 4.58. The van der Waals surface area contributed by atoms with E-state index in [-0.39, 0.29) is 17.7 Å². The van der Waals surface area contributed by atoms with E-state index in [4.69, 9.17) is 10.5 Å². The van der Waals surface area contributed by atoms with Crippen LogP contribution in [0.25, 0.3) is 0 Å². The van der Waals surface area contributed by atoms with Crippen LogP contribution in [0.3, 0.4) is 0 Å². The van der Waals surface area contributed by atoms with Crippen LogP contribution in [0, 0.1) is 0 Å². The van der Waals surface area contributed by atoms with Crippen molar-refractivity contribution in [3.05, 3.63) is 11.9 Å². The first-order valence-electron chi connectivity index (χ1n) is 6.53. The lowest BCUT2D eigenvalue weighted by atomic mass is 10.2. The normalized spacial score (nSPS) is 15.3. The number of nitrogens with zero attached hydrogens (tertiary/aromatic N) is 4. The maximum absolute atomic E-state index is 12.3. The first-order valence-corrected chi connectivity index (χ1v) is 6.53. The predicted octanol–water partition coefficient (Wildman–Crippen LogP) is -0.0834. The van der Waals surface area contributed by atoms with Gasteiger partial charge in [-0.1, -0.05) is 0 Å². The van der Waals surface area contributed by atoms with Crippen LogP contribution in [0.5, 0.6) is 0 Å². The molecule has 0 saturated carbocycles. The Labute approximate surface area is 117 Å². The Hall–Kier alpha value is -2.25. The first-order chi connectivity index (χ1) is 9.52. The minimum Gasteiger partial charge on any atom is -0.450 e. The van der Waals surface area contributed by atoms with E-state index >= 15 is 0 Å². The van der Waals surface area contributed by atoms with Crippen molar-refractivity contribution in [2.75, 3.05) is 38.5 Å². The van der Waals surface area contributed by atoms with Crippen LogP contribution in [0.2, 0.25) is 0 Å². The van der Waals surface area contributed by atoms with Crippen LogP contribution in [0.15, 0.2) is 6.20 Å². The molecule has 1 saturated heterocycles. The number of amides is 2. The van der Waals surface area contributed by atoms with Gasteiger partial charge in [0, 0.05) is 39.4 Å². The lowest BCUT2D eigenvalue weighted by Crippen LogP contribution is -2.50. The summed E-state index contributed by atoms with van der Waals surface area (Å²) in [6.07, 6.45) is 1.26. The Kier molecular flexibility index (Phi) is 4.11. The molecule has 8 nitrogen and oxygen atoms in total. The Bertz CT molecular complexity index is 505. The minimum absolute atomic E-state index is 0.202. The van der Waals surface area contributed by atoms with Crippen molar-refractivity contribution in [3.8, 4) is 0 Å². The van der Waals surface area contributed by atoms with E-state index in [0.717, 1.165) is 0 Å². The molecule has 1 aromatic heterocycles. The number of aryl methyl sites for hydroxylation is 1. The Morgan fingerprint density at radius 3 is 2.40 bits per heavy atom. The molecule has 1 aromatic rings. The van der Waals surface area contributed by atoms with E-state index in [9.17, 15) is 9.59 Å². The third-order valence-electron chi connectivity index (χ3n) is 3.15. The molecule has 1 aliphatic heterocycles. The van der Waals surface area contributed by atoms with E-state index in [1.807, 2.05) is 0 Å². The van der Waals surface area contributed by atoms with Gasteiger partial charge in [-0.15, -0.1) is 0 Å². The topological polar surface area (TPSA) is 93.7 Å². The minimum atomic E-state index is -0.336. The molecule has 2 rings (SSSR count). The molecule has 0 atom stereocenters. The zero-order valence-corrected chi connectivity index (χ0v) is 11.7. The van der Waals surface area contributed by atoms with E-state index in [0.29, 0.717) is 38.5 Å². The van der Waals surface area contributed by atoms with E-state index in [1.54, 1.807) is 30.0 Å². The fourth-order valence-corrected chi connectivity index (χ4v) is 2.13. The highest BCUT2D eigenvalue weighted by molar-refractivity contribution is 5.97. The zero-order chi connectivity index (χ0) is 14.7. The van der Waals surface area contributed by atoms with Gasteiger partial charge in [0.2, 0.25) is 0 Å². The molecule has 0 bridgehead atoms. The summed E-state index contributed by atoms with van der Waals surface area (Å²) in [6, 6.07) is 0. The van der Waals surface area contributed by atoms with Gasteiger partial charge in [0.25, 0.3) is 5.91 Å². The summed E-state index contributed by atoms with van der Waals surface area (Å²) in [5.41, 5.74) is 6.38. The van der Waals surface area contributed by atoms with Crippen molar-refractivity contribution >= 4 is 17.7 Å². The number of nitrogens with two attached hydrogens (primary N) is 1. The Morgan fingerprint density at radius 1 is 1.30 bits per heavy atom. The molecule has 110 valence electrons. The summed E-state index contributed by atoms with van der Waals surface area (Å²) in [5, 5.41) is 4.06. The number of aromatic nitrogens is 2. The maximum atomic E-state index is 12.3. The summed E-state index contributed by atoms with van der Waals surface area (Å²) >= 11 is 0. The van der Waals surface area contributed by atoms with Crippen molar-refractivity contribution < 1.29 is 14.3 Å². The van der Waals surface area contributed by atoms with Gasteiger partial charge in [-0.05, 0) is 6.92 Å². The number of anilines is 1. The molecule has 2 amide bonds. The van der Waals surface area contributed by atoms with Gasteiger partial charge in [0.15, 0.2) is 5.69 Å². The zero-order valence-electron chi connectivity index (χ0n) is 11.7. The van der Waals surface area contributed by atoms with Crippen molar-refractivity contribution in [3.63, 3.8) is 0 Å². The quantitative estimate of drug-likeness (QED) is 0.818. The van der Waals surface area contributed by atoms with Gasteiger partial charge in [0.1, 0.15) is 0 Å². The van der Waals surface area contributed by atoms with Gasteiger partial charge >= 0.3 is 6.09 Å². The lowest BCUT2D eigenvalue weighted by Gasteiger charge is -2.33. The number of carbonyl (C=O) groups excluding carboxylic acids is 2. The fraction of sp³-hybridized carbons (Fsp3) is 0.583. The number of carbonyl (C=O) groups is 2. The smallest absolute Gasteiger partial charge is 0.409 e. The van der Waals surface area contributed by atoms with Gasteiger partial charge in [-0.3, -0.25) is 9.48 Å². The molecule has 0 spiro atoms. The third-order valence-corrected chi connectivity index (χ3v) is 3.15. The number of hydrogen-bond donors (Lipinski definition) is 1. The van der Waals surface area contributed by atoms with Crippen molar-refractivity contribution in [2.45, 2.75) is 6.92 Å². The lowest BCUT2D eigenvalue weighted by molar-refractivity contribution is 0.0566. The molecule has 0 aromatic carbocycles. The molecular weight excluding hydrogens is 262 g/mol.